The Morgan fingerprint density at radius 1 is 1.09 bits per heavy atom. The van der Waals surface area contributed by atoms with E-state index in [1.165, 1.54) is 0 Å². The third kappa shape index (κ3) is 3.99. The van der Waals surface area contributed by atoms with Crippen LogP contribution in [0.1, 0.15) is 18.0 Å². The molecule has 8 nitrogen and oxygen atoms in total. The van der Waals surface area contributed by atoms with Crippen LogP contribution in [-0.4, -0.2) is 65.7 Å². The molecule has 0 bridgehead atoms. The van der Waals surface area contributed by atoms with Gasteiger partial charge in [0.1, 0.15) is 6.04 Å². The van der Waals surface area contributed by atoms with Crippen molar-refractivity contribution in [2.24, 2.45) is 0 Å². The van der Waals surface area contributed by atoms with Crippen molar-refractivity contribution in [3.63, 3.8) is 0 Å². The molecule has 1 saturated heterocycles. The smallest absolute Gasteiger partial charge is 0.253 e. The second kappa shape index (κ2) is 8.72. The van der Waals surface area contributed by atoms with Gasteiger partial charge in [0, 0.05) is 31.9 Å². The molecule has 0 spiro atoms. The highest BCUT2D eigenvalue weighted by atomic mass is 16.5. The van der Waals surface area contributed by atoms with E-state index in [1.54, 1.807) is 4.90 Å². The maximum atomic E-state index is 13.4. The van der Waals surface area contributed by atoms with Crippen molar-refractivity contribution >= 4 is 34.5 Å². The Morgan fingerprint density at radius 3 is 2.62 bits per heavy atom. The number of nitrogens with zero attached hydrogens (tertiary/aromatic N) is 4. The molecular weight excluding hydrogens is 406 g/mol. The number of amides is 2. The Labute approximate surface area is 186 Å². The van der Waals surface area contributed by atoms with Gasteiger partial charge in [-0.2, -0.15) is 0 Å². The van der Waals surface area contributed by atoms with E-state index in [1.807, 2.05) is 60.0 Å². The number of carbonyl (C=O) groups excluding carboxylic acids is 2. The summed E-state index contributed by atoms with van der Waals surface area (Å²) in [5.74, 6) is 0.356. The fourth-order valence-corrected chi connectivity index (χ4v) is 4.40. The summed E-state index contributed by atoms with van der Waals surface area (Å²) in [7, 11) is 0. The standard InChI is InChI=1S/C24H27N5O3/c1-17-6-8-18(9-7-17)25-22(30)16-21-23(31)28(11-10-27-12-14-32-15-13-27)24-26-19-4-2-3-5-20(19)29(21)24/h2-9,21H,10-16H2,1H3,(H,25,30). The Bertz CT molecular complexity index is 1130. The minimum atomic E-state index is -0.604. The first-order valence-corrected chi connectivity index (χ1v) is 11.0. The first-order valence-electron chi connectivity index (χ1n) is 11.0. The predicted octanol–water partition coefficient (Wildman–Crippen LogP) is 2.59. The third-order valence-electron chi connectivity index (χ3n) is 6.14. The van der Waals surface area contributed by atoms with Crippen LogP contribution in [0, 0.1) is 6.92 Å². The monoisotopic (exact) mass is 433 g/mol. The molecule has 1 N–H and O–H groups in total. The number of imidazole rings is 1. The first kappa shape index (κ1) is 20.7. The van der Waals surface area contributed by atoms with Crippen LogP contribution < -0.4 is 10.2 Å². The largest absolute Gasteiger partial charge is 0.379 e. The SMILES string of the molecule is Cc1ccc(NC(=O)CC2C(=O)N(CCN3CCOCC3)c3nc4ccccc4n32)cc1. The van der Waals surface area contributed by atoms with Crippen molar-refractivity contribution in [3.05, 3.63) is 54.1 Å². The van der Waals surface area contributed by atoms with E-state index in [0.29, 0.717) is 25.7 Å². The third-order valence-corrected chi connectivity index (χ3v) is 6.14. The first-order chi connectivity index (χ1) is 15.6. The maximum Gasteiger partial charge on any atom is 0.253 e. The van der Waals surface area contributed by atoms with E-state index < -0.39 is 6.04 Å². The van der Waals surface area contributed by atoms with E-state index in [2.05, 4.69) is 10.2 Å². The van der Waals surface area contributed by atoms with Crippen molar-refractivity contribution < 1.29 is 14.3 Å². The summed E-state index contributed by atoms with van der Waals surface area (Å²) in [5, 5.41) is 2.92. The van der Waals surface area contributed by atoms with Crippen LogP contribution >= 0.6 is 0 Å². The second-order valence-electron chi connectivity index (χ2n) is 8.35. The zero-order valence-corrected chi connectivity index (χ0v) is 18.2. The zero-order valence-electron chi connectivity index (χ0n) is 18.2. The van der Waals surface area contributed by atoms with Gasteiger partial charge < -0.3 is 10.1 Å². The molecule has 3 heterocycles. The Kier molecular flexibility index (Phi) is 5.63. The van der Waals surface area contributed by atoms with Gasteiger partial charge in [-0.05, 0) is 31.2 Å². The number of morpholine rings is 1. The summed E-state index contributed by atoms with van der Waals surface area (Å²) in [5.41, 5.74) is 3.55. The van der Waals surface area contributed by atoms with Gasteiger partial charge in [0.2, 0.25) is 11.9 Å². The number of aromatic nitrogens is 2. The lowest BCUT2D eigenvalue weighted by Crippen LogP contribution is -2.42. The van der Waals surface area contributed by atoms with Gasteiger partial charge >= 0.3 is 0 Å². The molecule has 1 atom stereocenters. The number of anilines is 2. The predicted molar refractivity (Wildman–Crippen MR) is 123 cm³/mol. The number of aryl methyl sites for hydroxylation is 1. The minimum absolute atomic E-state index is 0.0636. The number of rotatable bonds is 6. The van der Waals surface area contributed by atoms with Gasteiger partial charge in [-0.3, -0.25) is 24.0 Å². The molecule has 166 valence electrons. The van der Waals surface area contributed by atoms with Gasteiger partial charge in [0.25, 0.3) is 5.91 Å². The lowest BCUT2D eigenvalue weighted by atomic mass is 10.1. The molecule has 1 unspecified atom stereocenters. The summed E-state index contributed by atoms with van der Waals surface area (Å²) in [4.78, 5) is 35.0. The van der Waals surface area contributed by atoms with Gasteiger partial charge in [-0.15, -0.1) is 0 Å². The van der Waals surface area contributed by atoms with Crippen molar-refractivity contribution in [1.82, 2.24) is 14.5 Å². The van der Waals surface area contributed by atoms with Crippen LogP contribution in [0.3, 0.4) is 0 Å². The quantitative estimate of drug-likeness (QED) is 0.646. The average Bonchev–Trinajstić information content (AvgIpc) is 3.29. The second-order valence-corrected chi connectivity index (χ2v) is 8.35. The molecule has 2 aromatic carbocycles. The van der Waals surface area contributed by atoms with Crippen LogP contribution in [-0.2, 0) is 14.3 Å². The van der Waals surface area contributed by atoms with E-state index in [-0.39, 0.29) is 18.2 Å². The normalized spacial score (nSPS) is 18.8. The fourth-order valence-electron chi connectivity index (χ4n) is 4.40. The number of nitrogens with one attached hydrogen (secondary N) is 1. The molecule has 2 amide bonds. The molecule has 1 aromatic heterocycles. The van der Waals surface area contributed by atoms with Crippen LogP contribution in [0.15, 0.2) is 48.5 Å². The Balaban J connectivity index is 1.38. The van der Waals surface area contributed by atoms with E-state index in [9.17, 15) is 9.59 Å². The van der Waals surface area contributed by atoms with Gasteiger partial charge in [0.15, 0.2) is 0 Å². The highest BCUT2D eigenvalue weighted by Gasteiger charge is 2.40. The Hall–Kier alpha value is -3.23. The highest BCUT2D eigenvalue weighted by Crippen LogP contribution is 2.36. The fraction of sp³-hybridized carbons (Fsp3) is 0.375. The summed E-state index contributed by atoms with van der Waals surface area (Å²) < 4.78 is 7.34. The molecule has 8 heteroatoms. The summed E-state index contributed by atoms with van der Waals surface area (Å²) in [6.07, 6.45) is 0.0636. The Morgan fingerprint density at radius 2 is 1.84 bits per heavy atom. The van der Waals surface area contributed by atoms with E-state index >= 15 is 0 Å². The topological polar surface area (TPSA) is 79.7 Å². The molecule has 32 heavy (non-hydrogen) atoms. The summed E-state index contributed by atoms with van der Waals surface area (Å²) in [6.45, 7) is 6.45. The molecule has 0 radical (unpaired) electrons. The number of ether oxygens (including phenoxy) is 1. The number of carbonyl (C=O) groups is 2. The van der Waals surface area contributed by atoms with Gasteiger partial charge in [0.05, 0.1) is 30.7 Å². The number of hydrogen-bond acceptors (Lipinski definition) is 5. The molecule has 0 aliphatic carbocycles. The molecule has 2 aliphatic heterocycles. The average molecular weight is 434 g/mol. The van der Waals surface area contributed by atoms with Crippen molar-refractivity contribution in [3.8, 4) is 0 Å². The summed E-state index contributed by atoms with van der Waals surface area (Å²) >= 11 is 0. The zero-order chi connectivity index (χ0) is 22.1. The van der Waals surface area contributed by atoms with E-state index in [0.717, 1.165) is 41.9 Å². The van der Waals surface area contributed by atoms with Crippen LogP contribution in [0.2, 0.25) is 0 Å². The lowest BCUT2D eigenvalue weighted by Gasteiger charge is -2.28. The maximum absolute atomic E-state index is 13.4. The lowest BCUT2D eigenvalue weighted by molar-refractivity contribution is -0.124. The summed E-state index contributed by atoms with van der Waals surface area (Å²) in [6, 6.07) is 14.8. The van der Waals surface area contributed by atoms with E-state index in [4.69, 9.17) is 9.72 Å². The molecule has 1 fully saturated rings. The molecule has 2 aliphatic rings. The van der Waals surface area contributed by atoms with Crippen molar-refractivity contribution in [2.75, 3.05) is 49.6 Å². The van der Waals surface area contributed by atoms with Gasteiger partial charge in [-0.1, -0.05) is 29.8 Å². The molecular formula is C24H27N5O3. The number of hydrogen-bond donors (Lipinski definition) is 1. The van der Waals surface area contributed by atoms with Crippen LogP contribution in [0.25, 0.3) is 11.0 Å². The van der Waals surface area contributed by atoms with Crippen LogP contribution in [0.5, 0.6) is 0 Å². The highest BCUT2D eigenvalue weighted by molar-refractivity contribution is 6.05. The number of fused-ring (bicyclic) bond motifs is 3. The molecule has 3 aromatic rings. The number of benzene rings is 2. The minimum Gasteiger partial charge on any atom is -0.379 e. The van der Waals surface area contributed by atoms with Crippen LogP contribution in [0.4, 0.5) is 11.6 Å². The van der Waals surface area contributed by atoms with Crippen molar-refractivity contribution in [2.45, 2.75) is 19.4 Å². The van der Waals surface area contributed by atoms with Gasteiger partial charge in [-0.25, -0.2) is 4.98 Å². The number of para-hydroxylation sites is 2. The molecule has 0 saturated carbocycles. The molecule has 5 rings (SSSR count). The van der Waals surface area contributed by atoms with Crippen molar-refractivity contribution in [1.29, 1.82) is 0 Å².